The fraction of sp³-hybridized carbons (Fsp3) is 0.0909. The van der Waals surface area contributed by atoms with E-state index in [0.29, 0.717) is 11.3 Å². The van der Waals surface area contributed by atoms with E-state index < -0.39 is 5.97 Å². The molecule has 0 fully saturated rings. The Kier molecular flexibility index (Phi) is 2.49. The van der Waals surface area contributed by atoms with Gasteiger partial charge in [0.25, 0.3) is 0 Å². The van der Waals surface area contributed by atoms with Crippen LogP contribution in [0.3, 0.4) is 0 Å². The van der Waals surface area contributed by atoms with Crippen molar-refractivity contribution in [3.8, 4) is 0 Å². The molecule has 0 aliphatic carbocycles. The van der Waals surface area contributed by atoms with Crippen molar-refractivity contribution < 1.29 is 14.3 Å². The molecule has 1 aromatic rings. The number of rotatable bonds is 2. The van der Waals surface area contributed by atoms with Crippen LogP contribution in [0.2, 0.25) is 0 Å². The van der Waals surface area contributed by atoms with Crippen molar-refractivity contribution in [2.45, 2.75) is 0 Å². The molecule has 1 amide bonds. The van der Waals surface area contributed by atoms with Crippen LogP contribution in [0, 0.1) is 0 Å². The van der Waals surface area contributed by atoms with Crippen molar-refractivity contribution in [3.63, 3.8) is 0 Å². The Morgan fingerprint density at radius 1 is 1.27 bits per heavy atom. The molecule has 15 heavy (non-hydrogen) atoms. The first kappa shape index (κ1) is 9.45. The molecule has 1 aliphatic heterocycles. The molecule has 4 nitrogen and oxygen atoms in total. The summed E-state index contributed by atoms with van der Waals surface area (Å²) in [4.78, 5) is 22.3. The van der Waals surface area contributed by atoms with Crippen molar-refractivity contribution in [2.24, 2.45) is 0 Å². The van der Waals surface area contributed by atoms with Gasteiger partial charge in [-0.05, 0) is 12.1 Å². The van der Waals surface area contributed by atoms with Gasteiger partial charge in [0.2, 0.25) is 5.91 Å². The summed E-state index contributed by atoms with van der Waals surface area (Å²) in [5, 5.41) is 2.52. The van der Waals surface area contributed by atoms with Crippen molar-refractivity contribution in [1.29, 1.82) is 0 Å². The second-order valence-corrected chi connectivity index (χ2v) is 3.08. The van der Waals surface area contributed by atoms with Gasteiger partial charge in [-0.25, -0.2) is 4.79 Å². The molecular weight excluding hydrogens is 194 g/mol. The summed E-state index contributed by atoms with van der Waals surface area (Å²) in [5.74, 6) is -0.321. The van der Waals surface area contributed by atoms with Crippen LogP contribution in [-0.2, 0) is 9.53 Å². The van der Waals surface area contributed by atoms with E-state index in [1.165, 1.54) is 6.08 Å². The van der Waals surface area contributed by atoms with Gasteiger partial charge < -0.3 is 10.1 Å². The van der Waals surface area contributed by atoms with Crippen LogP contribution in [0.1, 0.15) is 10.4 Å². The van der Waals surface area contributed by atoms with Crippen LogP contribution in [0.4, 0.5) is 0 Å². The van der Waals surface area contributed by atoms with Gasteiger partial charge in [-0.15, -0.1) is 0 Å². The summed E-state index contributed by atoms with van der Waals surface area (Å²) in [6.07, 6.45) is 1.28. The molecule has 0 radical (unpaired) electrons. The lowest BCUT2D eigenvalue weighted by Gasteiger charge is -2.03. The van der Waals surface area contributed by atoms with Gasteiger partial charge in [-0.3, -0.25) is 4.79 Å². The smallest absolute Gasteiger partial charge is 0.343 e. The predicted octanol–water partition coefficient (Wildman–Crippen LogP) is 0.857. The number of amides is 1. The van der Waals surface area contributed by atoms with Crippen LogP contribution in [-0.4, -0.2) is 18.4 Å². The molecule has 1 heterocycles. The molecule has 0 bridgehead atoms. The second kappa shape index (κ2) is 3.96. The number of hydrogen-bond acceptors (Lipinski definition) is 3. The minimum atomic E-state index is -0.446. The maximum atomic E-state index is 11.5. The van der Waals surface area contributed by atoms with Crippen molar-refractivity contribution >= 4 is 11.9 Å². The third-order valence-electron chi connectivity index (χ3n) is 1.96. The predicted molar refractivity (Wildman–Crippen MR) is 53.0 cm³/mol. The Balaban J connectivity index is 2.05. The molecule has 2 rings (SSSR count). The summed E-state index contributed by atoms with van der Waals surface area (Å²) in [5.41, 5.74) is 0.470. The first-order chi connectivity index (χ1) is 7.25. The van der Waals surface area contributed by atoms with E-state index in [9.17, 15) is 9.59 Å². The molecule has 0 aromatic heterocycles. The Hall–Kier alpha value is -2.10. The Bertz CT molecular complexity index is 423. The molecule has 1 aromatic carbocycles. The van der Waals surface area contributed by atoms with E-state index in [2.05, 4.69) is 5.32 Å². The summed E-state index contributed by atoms with van der Waals surface area (Å²) < 4.78 is 5.01. The van der Waals surface area contributed by atoms with Gasteiger partial charge >= 0.3 is 5.97 Å². The Morgan fingerprint density at radius 3 is 2.60 bits per heavy atom. The third-order valence-corrected chi connectivity index (χ3v) is 1.96. The number of esters is 1. The highest BCUT2D eigenvalue weighted by atomic mass is 16.5. The number of benzene rings is 1. The number of carbonyl (C=O) groups excluding carboxylic acids is 2. The van der Waals surface area contributed by atoms with Crippen molar-refractivity contribution in [3.05, 3.63) is 47.7 Å². The summed E-state index contributed by atoms with van der Waals surface area (Å²) >= 11 is 0. The lowest BCUT2D eigenvalue weighted by molar-refractivity contribution is -0.115. The maximum absolute atomic E-state index is 11.5. The number of hydrogen-bond donors (Lipinski definition) is 1. The SMILES string of the molecule is O=C1C=C(OC(=O)c2ccccc2)CN1. The highest BCUT2D eigenvalue weighted by molar-refractivity contribution is 5.93. The summed E-state index contributed by atoms with van der Waals surface area (Å²) in [6, 6.07) is 8.64. The third kappa shape index (κ3) is 2.22. The molecule has 4 heteroatoms. The average molecular weight is 203 g/mol. The quantitative estimate of drug-likeness (QED) is 0.725. The minimum Gasteiger partial charge on any atom is -0.425 e. The minimum absolute atomic E-state index is 0.231. The van der Waals surface area contributed by atoms with Gasteiger partial charge in [0.05, 0.1) is 12.1 Å². The molecule has 0 unspecified atom stereocenters. The molecule has 76 valence electrons. The van der Waals surface area contributed by atoms with Crippen LogP contribution in [0.5, 0.6) is 0 Å². The lowest BCUT2D eigenvalue weighted by Crippen LogP contribution is -2.16. The van der Waals surface area contributed by atoms with Crippen LogP contribution >= 0.6 is 0 Å². The standard InChI is InChI=1S/C11H9NO3/c13-10-6-9(7-12-10)15-11(14)8-4-2-1-3-5-8/h1-6H,7H2,(H,12,13). The van der Waals surface area contributed by atoms with Crippen LogP contribution < -0.4 is 5.32 Å². The average Bonchev–Trinajstić information content (AvgIpc) is 2.65. The number of nitrogens with one attached hydrogen (secondary N) is 1. The topological polar surface area (TPSA) is 55.4 Å². The van der Waals surface area contributed by atoms with Crippen molar-refractivity contribution in [2.75, 3.05) is 6.54 Å². The van der Waals surface area contributed by atoms with E-state index in [4.69, 9.17) is 4.74 Å². The molecule has 0 spiro atoms. The molecule has 0 atom stereocenters. The molecular formula is C11H9NO3. The van der Waals surface area contributed by atoms with Gasteiger partial charge in [-0.1, -0.05) is 18.2 Å². The number of carbonyl (C=O) groups is 2. The largest absolute Gasteiger partial charge is 0.425 e. The molecule has 0 saturated carbocycles. The zero-order valence-electron chi connectivity index (χ0n) is 7.90. The molecule has 1 aliphatic rings. The lowest BCUT2D eigenvalue weighted by atomic mass is 10.2. The second-order valence-electron chi connectivity index (χ2n) is 3.08. The van der Waals surface area contributed by atoms with E-state index in [-0.39, 0.29) is 12.5 Å². The maximum Gasteiger partial charge on any atom is 0.343 e. The highest BCUT2D eigenvalue weighted by Crippen LogP contribution is 2.08. The van der Waals surface area contributed by atoms with E-state index in [0.717, 1.165) is 0 Å². The monoisotopic (exact) mass is 203 g/mol. The van der Waals surface area contributed by atoms with Crippen LogP contribution in [0.15, 0.2) is 42.2 Å². The highest BCUT2D eigenvalue weighted by Gasteiger charge is 2.16. The van der Waals surface area contributed by atoms with E-state index >= 15 is 0 Å². The Morgan fingerprint density at radius 2 is 2.00 bits per heavy atom. The fourth-order valence-corrected chi connectivity index (χ4v) is 1.24. The van der Waals surface area contributed by atoms with Crippen molar-refractivity contribution in [1.82, 2.24) is 5.32 Å². The van der Waals surface area contributed by atoms with Gasteiger partial charge in [0.15, 0.2) is 0 Å². The van der Waals surface area contributed by atoms with E-state index in [1.807, 2.05) is 6.07 Å². The normalized spacial score (nSPS) is 14.4. The Labute approximate surface area is 86.5 Å². The van der Waals surface area contributed by atoms with Gasteiger partial charge in [0.1, 0.15) is 5.76 Å². The summed E-state index contributed by atoms with van der Waals surface area (Å²) in [7, 11) is 0. The van der Waals surface area contributed by atoms with Crippen LogP contribution in [0.25, 0.3) is 0 Å². The molecule has 1 N–H and O–H groups in total. The van der Waals surface area contributed by atoms with E-state index in [1.54, 1.807) is 24.3 Å². The zero-order valence-corrected chi connectivity index (χ0v) is 7.90. The first-order valence-corrected chi connectivity index (χ1v) is 4.51. The first-order valence-electron chi connectivity index (χ1n) is 4.51. The fourth-order valence-electron chi connectivity index (χ4n) is 1.24. The number of ether oxygens (including phenoxy) is 1. The zero-order chi connectivity index (χ0) is 10.7. The van der Waals surface area contributed by atoms with Gasteiger partial charge in [-0.2, -0.15) is 0 Å². The van der Waals surface area contributed by atoms with Gasteiger partial charge in [0, 0.05) is 6.08 Å². The summed E-state index contributed by atoms with van der Waals surface area (Å²) in [6.45, 7) is 0.275. The molecule has 0 saturated heterocycles.